The molecule has 0 bridgehead atoms. The molecule has 0 unspecified atom stereocenters. The van der Waals surface area contributed by atoms with E-state index in [-0.39, 0.29) is 0 Å². The number of aliphatic hydroxyl groups is 1. The van der Waals surface area contributed by atoms with Crippen molar-refractivity contribution in [3.8, 4) is 0 Å². The van der Waals surface area contributed by atoms with E-state index in [9.17, 15) is 0 Å². The van der Waals surface area contributed by atoms with Gasteiger partial charge in [-0.2, -0.15) is 0 Å². The Morgan fingerprint density at radius 3 is 1.93 bits per heavy atom. The second-order valence-corrected chi connectivity index (χ2v) is 5.15. The molecule has 0 aromatic carbocycles. The number of hydrogen-bond acceptors (Lipinski definition) is 2. The SMILES string of the molecule is CCCCCCCNCC(C)(C)C.CO. The quantitative estimate of drug-likeness (QED) is 0.642. The second-order valence-electron chi connectivity index (χ2n) is 5.15. The molecule has 2 N–H and O–H groups in total. The van der Waals surface area contributed by atoms with Crippen molar-refractivity contribution in [1.29, 1.82) is 0 Å². The van der Waals surface area contributed by atoms with Crippen molar-refractivity contribution < 1.29 is 5.11 Å². The first-order valence-electron chi connectivity index (χ1n) is 6.21. The molecule has 0 aromatic rings. The number of hydrogen-bond donors (Lipinski definition) is 2. The van der Waals surface area contributed by atoms with Gasteiger partial charge in [0.15, 0.2) is 0 Å². The summed E-state index contributed by atoms with van der Waals surface area (Å²) < 4.78 is 0. The molecular weight excluding hydrogens is 186 g/mol. The van der Waals surface area contributed by atoms with Gasteiger partial charge in [0.05, 0.1) is 0 Å². The van der Waals surface area contributed by atoms with E-state index in [0.717, 1.165) is 13.7 Å². The summed E-state index contributed by atoms with van der Waals surface area (Å²) in [5.41, 5.74) is 0.434. The van der Waals surface area contributed by atoms with Crippen molar-refractivity contribution in [1.82, 2.24) is 5.32 Å². The molecule has 0 saturated heterocycles. The highest BCUT2D eigenvalue weighted by atomic mass is 16.2. The van der Waals surface area contributed by atoms with Crippen molar-refractivity contribution >= 4 is 0 Å². The van der Waals surface area contributed by atoms with Gasteiger partial charge in [-0.3, -0.25) is 0 Å². The molecule has 0 fully saturated rings. The standard InChI is InChI=1S/C12H27N.CH4O/c1-5-6-7-8-9-10-13-11-12(2,3)4;1-2/h13H,5-11H2,1-4H3;2H,1H3. The van der Waals surface area contributed by atoms with Crippen LogP contribution in [-0.4, -0.2) is 25.3 Å². The number of aliphatic hydroxyl groups excluding tert-OH is 1. The van der Waals surface area contributed by atoms with E-state index in [1.165, 1.54) is 38.6 Å². The smallest absolute Gasteiger partial charge is 0.0319 e. The maximum Gasteiger partial charge on any atom is 0.0319 e. The molecule has 0 aliphatic rings. The fourth-order valence-corrected chi connectivity index (χ4v) is 1.32. The first kappa shape index (κ1) is 17.3. The van der Waals surface area contributed by atoms with Crippen LogP contribution in [0.2, 0.25) is 0 Å². The van der Waals surface area contributed by atoms with Crippen molar-refractivity contribution in [2.24, 2.45) is 5.41 Å². The molecule has 15 heavy (non-hydrogen) atoms. The van der Waals surface area contributed by atoms with Gasteiger partial charge in [-0.05, 0) is 24.9 Å². The minimum Gasteiger partial charge on any atom is -0.400 e. The summed E-state index contributed by atoms with van der Waals surface area (Å²) in [5, 5.41) is 10.5. The maximum absolute atomic E-state index is 7.00. The highest BCUT2D eigenvalue weighted by molar-refractivity contribution is 4.64. The largest absolute Gasteiger partial charge is 0.400 e. The maximum atomic E-state index is 7.00. The molecular formula is C13H31NO. The van der Waals surface area contributed by atoms with E-state index in [0.29, 0.717) is 5.41 Å². The van der Waals surface area contributed by atoms with Gasteiger partial charge in [-0.25, -0.2) is 0 Å². The zero-order valence-electron chi connectivity index (χ0n) is 11.4. The van der Waals surface area contributed by atoms with Gasteiger partial charge in [0.2, 0.25) is 0 Å². The molecule has 0 aliphatic carbocycles. The monoisotopic (exact) mass is 217 g/mol. The molecule has 94 valence electrons. The Hall–Kier alpha value is -0.0800. The minimum absolute atomic E-state index is 0.434. The van der Waals surface area contributed by atoms with E-state index >= 15 is 0 Å². The van der Waals surface area contributed by atoms with Gasteiger partial charge in [-0.15, -0.1) is 0 Å². The Kier molecular flexibility index (Phi) is 13.8. The summed E-state index contributed by atoms with van der Waals surface area (Å²) in [6.07, 6.45) is 6.89. The molecule has 0 saturated carbocycles. The van der Waals surface area contributed by atoms with Crippen molar-refractivity contribution in [2.75, 3.05) is 20.2 Å². The van der Waals surface area contributed by atoms with Gasteiger partial charge in [0.25, 0.3) is 0 Å². The Balaban J connectivity index is 0. The lowest BCUT2D eigenvalue weighted by molar-refractivity contribution is 0.377. The molecule has 0 spiro atoms. The zero-order valence-corrected chi connectivity index (χ0v) is 11.4. The van der Waals surface area contributed by atoms with Gasteiger partial charge in [0, 0.05) is 7.11 Å². The van der Waals surface area contributed by atoms with Gasteiger partial charge < -0.3 is 10.4 Å². The zero-order chi connectivity index (χ0) is 12.2. The molecule has 0 aromatic heterocycles. The Bertz CT molecular complexity index is 108. The number of nitrogens with one attached hydrogen (secondary N) is 1. The van der Waals surface area contributed by atoms with Gasteiger partial charge in [-0.1, -0.05) is 53.4 Å². The summed E-state index contributed by atoms with van der Waals surface area (Å²) in [4.78, 5) is 0. The lowest BCUT2D eigenvalue weighted by Gasteiger charge is -2.18. The molecule has 0 amide bonds. The van der Waals surface area contributed by atoms with Gasteiger partial charge in [0.1, 0.15) is 0 Å². The van der Waals surface area contributed by atoms with Gasteiger partial charge >= 0.3 is 0 Å². The third kappa shape index (κ3) is 20.1. The molecule has 0 rings (SSSR count). The molecule has 0 heterocycles. The topological polar surface area (TPSA) is 32.3 Å². The van der Waals surface area contributed by atoms with E-state index in [2.05, 4.69) is 33.0 Å². The summed E-state index contributed by atoms with van der Waals surface area (Å²) in [5.74, 6) is 0. The highest BCUT2D eigenvalue weighted by Crippen LogP contribution is 2.10. The van der Waals surface area contributed by atoms with Crippen LogP contribution in [0.4, 0.5) is 0 Å². The fraction of sp³-hybridized carbons (Fsp3) is 1.00. The van der Waals surface area contributed by atoms with Crippen molar-refractivity contribution in [2.45, 2.75) is 59.8 Å². The number of unbranched alkanes of at least 4 members (excludes halogenated alkanes) is 4. The normalized spacial score (nSPS) is 10.8. The average Bonchev–Trinajstić information content (AvgIpc) is 2.18. The van der Waals surface area contributed by atoms with Crippen LogP contribution in [0.25, 0.3) is 0 Å². The predicted octanol–water partition coefficient (Wildman–Crippen LogP) is 3.20. The van der Waals surface area contributed by atoms with E-state index in [1.54, 1.807) is 0 Å². The van der Waals surface area contributed by atoms with Crippen LogP contribution in [0.15, 0.2) is 0 Å². The highest BCUT2D eigenvalue weighted by Gasteiger charge is 2.07. The third-order valence-electron chi connectivity index (χ3n) is 2.11. The predicted molar refractivity (Wildman–Crippen MR) is 69.2 cm³/mol. The summed E-state index contributed by atoms with van der Waals surface area (Å²) in [6.45, 7) is 11.4. The third-order valence-corrected chi connectivity index (χ3v) is 2.11. The van der Waals surface area contributed by atoms with E-state index in [1.807, 2.05) is 0 Å². The van der Waals surface area contributed by atoms with E-state index < -0.39 is 0 Å². The van der Waals surface area contributed by atoms with Crippen molar-refractivity contribution in [3.63, 3.8) is 0 Å². The molecule has 0 aliphatic heterocycles. The van der Waals surface area contributed by atoms with Crippen molar-refractivity contribution in [3.05, 3.63) is 0 Å². The Morgan fingerprint density at radius 1 is 0.933 bits per heavy atom. The molecule has 2 heteroatoms. The number of rotatable bonds is 7. The molecule has 0 radical (unpaired) electrons. The molecule has 0 atom stereocenters. The van der Waals surface area contributed by atoms with Crippen LogP contribution >= 0.6 is 0 Å². The second kappa shape index (κ2) is 12.0. The van der Waals surface area contributed by atoms with Crippen LogP contribution in [0.5, 0.6) is 0 Å². The van der Waals surface area contributed by atoms with Crippen LogP contribution < -0.4 is 5.32 Å². The Labute approximate surface area is 96.5 Å². The lowest BCUT2D eigenvalue weighted by Crippen LogP contribution is -2.27. The fourth-order valence-electron chi connectivity index (χ4n) is 1.32. The van der Waals surface area contributed by atoms with E-state index in [4.69, 9.17) is 5.11 Å². The van der Waals surface area contributed by atoms with Crippen LogP contribution in [0, 0.1) is 5.41 Å². The first-order chi connectivity index (χ1) is 7.06. The average molecular weight is 217 g/mol. The molecule has 2 nitrogen and oxygen atoms in total. The van der Waals surface area contributed by atoms with Crippen LogP contribution in [0.3, 0.4) is 0 Å². The minimum atomic E-state index is 0.434. The summed E-state index contributed by atoms with van der Waals surface area (Å²) in [6, 6.07) is 0. The first-order valence-corrected chi connectivity index (χ1v) is 6.21. The summed E-state index contributed by atoms with van der Waals surface area (Å²) >= 11 is 0. The van der Waals surface area contributed by atoms with Crippen LogP contribution in [-0.2, 0) is 0 Å². The lowest BCUT2D eigenvalue weighted by atomic mass is 9.97. The Morgan fingerprint density at radius 2 is 1.47 bits per heavy atom. The summed E-state index contributed by atoms with van der Waals surface area (Å²) in [7, 11) is 1.00. The van der Waals surface area contributed by atoms with Crippen LogP contribution in [0.1, 0.15) is 59.8 Å².